The van der Waals surface area contributed by atoms with Crippen molar-refractivity contribution in [1.29, 1.82) is 0 Å². The summed E-state index contributed by atoms with van der Waals surface area (Å²) < 4.78 is 5.71. The summed E-state index contributed by atoms with van der Waals surface area (Å²) in [6, 6.07) is -0.171. The number of nitrogens with one attached hydrogen (secondary N) is 2. The van der Waals surface area contributed by atoms with Crippen molar-refractivity contribution in [2.24, 2.45) is 5.92 Å². The van der Waals surface area contributed by atoms with Gasteiger partial charge in [-0.25, -0.2) is 9.78 Å². The molecule has 1 aromatic rings. The number of aromatic nitrogens is 1. The van der Waals surface area contributed by atoms with Crippen LogP contribution in [0.4, 0.5) is 4.79 Å². The normalized spacial score (nSPS) is 19.4. The van der Waals surface area contributed by atoms with E-state index in [9.17, 15) is 4.79 Å². The van der Waals surface area contributed by atoms with E-state index in [4.69, 9.17) is 4.74 Å². The number of hydrogen-bond donors (Lipinski definition) is 2. The summed E-state index contributed by atoms with van der Waals surface area (Å²) in [6.07, 6.45) is 0.0692. The summed E-state index contributed by atoms with van der Waals surface area (Å²) in [5, 5.41) is 8.67. The molecule has 1 saturated heterocycles. The molecule has 6 nitrogen and oxygen atoms in total. The molecule has 2 heterocycles. The smallest absolute Gasteiger partial charge is 0.315 e. The summed E-state index contributed by atoms with van der Waals surface area (Å²) in [5.41, 5.74) is 0.898. The van der Waals surface area contributed by atoms with Crippen LogP contribution >= 0.6 is 11.3 Å². The second-order valence-corrected chi connectivity index (χ2v) is 7.13. The number of carbonyl (C=O) groups is 1. The molecule has 124 valence electrons. The summed E-state index contributed by atoms with van der Waals surface area (Å²) in [5.74, 6) is 0.650. The largest absolute Gasteiger partial charge is 0.374 e. The summed E-state index contributed by atoms with van der Waals surface area (Å²) >= 11 is 1.59. The molecular weight excluding hydrogens is 300 g/mol. The Morgan fingerprint density at radius 2 is 2.36 bits per heavy atom. The number of morpholine rings is 1. The molecule has 1 atom stereocenters. The Bertz CT molecular complexity index is 478. The Morgan fingerprint density at radius 3 is 3.05 bits per heavy atom. The fourth-order valence-electron chi connectivity index (χ4n) is 2.52. The molecule has 0 saturated carbocycles. The number of nitrogens with zero attached hydrogens (tertiary/aromatic N) is 2. The van der Waals surface area contributed by atoms with Crippen LogP contribution in [-0.4, -0.2) is 54.8 Å². The second-order valence-electron chi connectivity index (χ2n) is 6.07. The molecule has 0 aromatic carbocycles. The van der Waals surface area contributed by atoms with Crippen molar-refractivity contribution in [3.8, 4) is 0 Å². The van der Waals surface area contributed by atoms with Gasteiger partial charge >= 0.3 is 6.03 Å². The molecule has 0 spiro atoms. The van der Waals surface area contributed by atoms with E-state index in [1.54, 1.807) is 11.3 Å². The number of rotatable bonds is 6. The van der Waals surface area contributed by atoms with Crippen LogP contribution < -0.4 is 10.6 Å². The van der Waals surface area contributed by atoms with Crippen molar-refractivity contribution in [3.05, 3.63) is 16.1 Å². The summed E-state index contributed by atoms with van der Waals surface area (Å²) in [7, 11) is 0. The predicted octanol–water partition coefficient (Wildman–Crippen LogP) is 1.61. The van der Waals surface area contributed by atoms with Gasteiger partial charge < -0.3 is 15.4 Å². The number of thiazole rings is 1. The lowest BCUT2D eigenvalue weighted by atomic mass is 10.2. The minimum atomic E-state index is -0.171. The van der Waals surface area contributed by atoms with Crippen LogP contribution in [0.5, 0.6) is 0 Å². The average molecular weight is 326 g/mol. The number of ether oxygens (including phenoxy) is 1. The number of carbonyl (C=O) groups excluding carboxylic acids is 1. The second kappa shape index (κ2) is 8.45. The molecule has 1 aliphatic heterocycles. The Hall–Kier alpha value is -1.18. The molecule has 2 amide bonds. The van der Waals surface area contributed by atoms with Gasteiger partial charge in [-0.05, 0) is 12.8 Å². The lowest BCUT2D eigenvalue weighted by Crippen LogP contribution is -2.49. The maximum atomic E-state index is 11.8. The highest BCUT2D eigenvalue weighted by Crippen LogP contribution is 2.08. The van der Waals surface area contributed by atoms with E-state index in [0.717, 1.165) is 36.9 Å². The third-order valence-electron chi connectivity index (χ3n) is 3.43. The zero-order valence-corrected chi connectivity index (χ0v) is 14.4. The maximum Gasteiger partial charge on any atom is 0.315 e. The third kappa shape index (κ3) is 5.90. The topological polar surface area (TPSA) is 66.5 Å². The van der Waals surface area contributed by atoms with E-state index in [1.807, 2.05) is 12.3 Å². The van der Waals surface area contributed by atoms with Crippen LogP contribution in [0.2, 0.25) is 0 Å². The maximum absolute atomic E-state index is 11.8. The predicted molar refractivity (Wildman–Crippen MR) is 88.1 cm³/mol. The Balaban J connectivity index is 1.65. The number of urea groups is 1. The molecule has 0 bridgehead atoms. The summed E-state index contributed by atoms with van der Waals surface area (Å²) in [6.45, 7) is 11.1. The number of aryl methyl sites for hydroxylation is 1. The molecule has 22 heavy (non-hydrogen) atoms. The van der Waals surface area contributed by atoms with Gasteiger partial charge in [0.2, 0.25) is 0 Å². The van der Waals surface area contributed by atoms with Crippen LogP contribution in [-0.2, 0) is 11.3 Å². The molecule has 1 fully saturated rings. The van der Waals surface area contributed by atoms with E-state index in [0.29, 0.717) is 19.0 Å². The monoisotopic (exact) mass is 326 g/mol. The quantitative estimate of drug-likeness (QED) is 0.833. The molecule has 2 rings (SSSR count). The average Bonchev–Trinajstić information content (AvgIpc) is 2.88. The molecule has 2 N–H and O–H groups in total. The lowest BCUT2D eigenvalue weighted by Gasteiger charge is -2.33. The highest BCUT2D eigenvalue weighted by atomic mass is 32.1. The molecule has 1 aromatic heterocycles. The van der Waals surface area contributed by atoms with Crippen LogP contribution in [0.25, 0.3) is 0 Å². The molecule has 0 aliphatic carbocycles. The third-order valence-corrected chi connectivity index (χ3v) is 4.26. The lowest BCUT2D eigenvalue weighted by molar-refractivity contribution is -0.0290. The molecule has 0 radical (unpaired) electrons. The van der Waals surface area contributed by atoms with Gasteiger partial charge in [0.15, 0.2) is 0 Å². The molecular formula is C15H26N4O2S. The summed E-state index contributed by atoms with van der Waals surface area (Å²) in [4.78, 5) is 18.5. The van der Waals surface area contributed by atoms with Gasteiger partial charge in [-0.3, -0.25) is 4.90 Å². The van der Waals surface area contributed by atoms with Gasteiger partial charge in [-0.1, -0.05) is 13.8 Å². The van der Waals surface area contributed by atoms with Crippen molar-refractivity contribution in [3.63, 3.8) is 0 Å². The highest BCUT2D eigenvalue weighted by molar-refractivity contribution is 7.09. The number of amides is 2. The van der Waals surface area contributed by atoms with Crippen molar-refractivity contribution in [2.75, 3.05) is 32.8 Å². The Morgan fingerprint density at radius 1 is 1.55 bits per heavy atom. The first kappa shape index (κ1) is 17.2. The van der Waals surface area contributed by atoms with Crippen molar-refractivity contribution in [1.82, 2.24) is 20.5 Å². The fourth-order valence-corrected chi connectivity index (χ4v) is 3.13. The van der Waals surface area contributed by atoms with Crippen molar-refractivity contribution in [2.45, 2.75) is 33.4 Å². The first-order valence-electron chi connectivity index (χ1n) is 7.79. The Kier molecular flexibility index (Phi) is 6.60. The van der Waals surface area contributed by atoms with E-state index in [-0.39, 0.29) is 12.1 Å². The first-order valence-corrected chi connectivity index (χ1v) is 8.67. The highest BCUT2D eigenvalue weighted by Gasteiger charge is 2.21. The van der Waals surface area contributed by atoms with Crippen LogP contribution in [0.15, 0.2) is 5.38 Å². The number of hydrogen-bond acceptors (Lipinski definition) is 5. The SMILES string of the molecule is Cc1nc(CNC(=O)NC[C@H]2CN(CC(C)C)CCO2)cs1. The standard InChI is InChI=1S/C15H26N4O2S/c1-11(2)8-19-4-5-21-14(9-19)7-17-15(20)16-6-13-10-22-12(3)18-13/h10-11,14H,4-9H2,1-3H3,(H2,16,17,20)/t14-/m0/s1. The van der Waals surface area contributed by atoms with Gasteiger partial charge in [-0.2, -0.15) is 0 Å². The zero-order valence-electron chi connectivity index (χ0n) is 13.6. The first-order chi connectivity index (χ1) is 10.5. The Labute approximate surface area is 136 Å². The van der Waals surface area contributed by atoms with Gasteiger partial charge in [0.25, 0.3) is 0 Å². The van der Waals surface area contributed by atoms with Crippen LogP contribution in [0.1, 0.15) is 24.5 Å². The van der Waals surface area contributed by atoms with E-state index < -0.39 is 0 Å². The molecule has 0 unspecified atom stereocenters. The van der Waals surface area contributed by atoms with Gasteiger partial charge in [0, 0.05) is 31.6 Å². The van der Waals surface area contributed by atoms with Gasteiger partial charge in [-0.15, -0.1) is 11.3 Å². The van der Waals surface area contributed by atoms with Gasteiger partial charge in [0.1, 0.15) is 0 Å². The van der Waals surface area contributed by atoms with Gasteiger partial charge in [0.05, 0.1) is 30.0 Å². The minimum absolute atomic E-state index is 0.0692. The zero-order chi connectivity index (χ0) is 15.9. The van der Waals surface area contributed by atoms with E-state index in [1.165, 1.54) is 0 Å². The minimum Gasteiger partial charge on any atom is -0.374 e. The fraction of sp³-hybridized carbons (Fsp3) is 0.733. The van der Waals surface area contributed by atoms with Crippen molar-refractivity contribution < 1.29 is 9.53 Å². The van der Waals surface area contributed by atoms with Crippen LogP contribution in [0, 0.1) is 12.8 Å². The molecule has 7 heteroatoms. The van der Waals surface area contributed by atoms with Crippen LogP contribution in [0.3, 0.4) is 0 Å². The van der Waals surface area contributed by atoms with E-state index >= 15 is 0 Å². The van der Waals surface area contributed by atoms with E-state index in [2.05, 4.69) is 34.4 Å². The van der Waals surface area contributed by atoms with Crippen molar-refractivity contribution >= 4 is 17.4 Å². The molecule has 1 aliphatic rings.